The maximum absolute atomic E-state index is 13.8. The molecule has 0 saturated heterocycles. The number of nitrogens with zero attached hydrogens (tertiary/aromatic N) is 2. The van der Waals surface area contributed by atoms with Crippen LogP contribution in [0.25, 0.3) is 5.57 Å². The second kappa shape index (κ2) is 8.30. The molecule has 0 bridgehead atoms. The highest BCUT2D eigenvalue weighted by Gasteiger charge is 2.40. The number of rotatable bonds is 5. The Bertz CT molecular complexity index is 1250. The van der Waals surface area contributed by atoms with E-state index in [0.717, 1.165) is 21.7 Å². The van der Waals surface area contributed by atoms with Crippen LogP contribution in [-0.4, -0.2) is 25.9 Å². The van der Waals surface area contributed by atoms with E-state index in [0.29, 0.717) is 16.9 Å². The first-order chi connectivity index (χ1) is 15.3. The topological polar surface area (TPSA) is 52.7 Å². The number of hydrogen-bond acceptors (Lipinski definition) is 4. The Morgan fingerprint density at radius 1 is 0.844 bits per heavy atom. The Hall–Kier alpha value is -3.93. The Morgan fingerprint density at radius 2 is 1.56 bits per heavy atom. The summed E-state index contributed by atoms with van der Waals surface area (Å²) in [6.07, 6.45) is 0. The number of amides is 2. The largest absolute Gasteiger partial charge is 0.378 e. The number of hydrogen-bond donors (Lipinski definition) is 1. The zero-order valence-corrected chi connectivity index (χ0v) is 18.4. The van der Waals surface area contributed by atoms with Gasteiger partial charge in [0.1, 0.15) is 11.5 Å². The molecule has 0 radical (unpaired) electrons. The Balaban J connectivity index is 1.81. The van der Waals surface area contributed by atoms with Crippen molar-refractivity contribution in [3.05, 3.63) is 94.9 Å². The van der Waals surface area contributed by atoms with E-state index >= 15 is 0 Å². The van der Waals surface area contributed by atoms with E-state index in [-0.39, 0.29) is 11.3 Å². The van der Waals surface area contributed by atoms with Gasteiger partial charge in [0.2, 0.25) is 0 Å². The summed E-state index contributed by atoms with van der Waals surface area (Å²) in [7, 11) is 3.84. The highest BCUT2D eigenvalue weighted by molar-refractivity contribution is 6.46. The van der Waals surface area contributed by atoms with Crippen LogP contribution in [0.2, 0.25) is 0 Å². The fourth-order valence-electron chi connectivity index (χ4n) is 3.66. The van der Waals surface area contributed by atoms with E-state index in [9.17, 15) is 14.0 Å². The molecular formula is C26H24FN3O2. The molecule has 0 saturated carbocycles. The number of anilines is 3. The summed E-state index contributed by atoms with van der Waals surface area (Å²) in [6.45, 7) is 3.94. The molecule has 1 heterocycles. The number of imide groups is 1. The van der Waals surface area contributed by atoms with Crippen LogP contribution < -0.4 is 15.1 Å². The first kappa shape index (κ1) is 21.3. The normalized spacial score (nSPS) is 13.7. The Morgan fingerprint density at radius 3 is 2.19 bits per heavy atom. The number of aryl methyl sites for hydroxylation is 2. The van der Waals surface area contributed by atoms with Crippen LogP contribution in [0.15, 0.2) is 72.4 Å². The van der Waals surface area contributed by atoms with Crippen LogP contribution in [-0.2, 0) is 9.59 Å². The summed E-state index contributed by atoms with van der Waals surface area (Å²) in [4.78, 5) is 30.1. The van der Waals surface area contributed by atoms with Crippen LogP contribution >= 0.6 is 0 Å². The molecule has 32 heavy (non-hydrogen) atoms. The molecule has 5 nitrogen and oxygen atoms in total. The van der Waals surface area contributed by atoms with Gasteiger partial charge in [-0.3, -0.25) is 9.59 Å². The number of benzene rings is 3. The third-order valence-electron chi connectivity index (χ3n) is 5.60. The van der Waals surface area contributed by atoms with Crippen molar-refractivity contribution in [3.63, 3.8) is 0 Å². The smallest absolute Gasteiger partial charge is 0.282 e. The summed E-state index contributed by atoms with van der Waals surface area (Å²) >= 11 is 0. The van der Waals surface area contributed by atoms with Gasteiger partial charge in [-0.15, -0.1) is 0 Å². The molecule has 0 spiro atoms. The maximum Gasteiger partial charge on any atom is 0.282 e. The predicted molar refractivity (Wildman–Crippen MR) is 126 cm³/mol. The van der Waals surface area contributed by atoms with Gasteiger partial charge in [-0.05, 0) is 73.0 Å². The zero-order valence-electron chi connectivity index (χ0n) is 18.4. The van der Waals surface area contributed by atoms with Gasteiger partial charge in [0, 0.05) is 25.5 Å². The van der Waals surface area contributed by atoms with Crippen molar-refractivity contribution in [2.75, 3.05) is 29.2 Å². The van der Waals surface area contributed by atoms with Gasteiger partial charge in [0.05, 0.1) is 11.3 Å². The molecule has 1 aliphatic heterocycles. The van der Waals surface area contributed by atoms with Gasteiger partial charge in [0.15, 0.2) is 0 Å². The van der Waals surface area contributed by atoms with E-state index in [1.54, 1.807) is 24.3 Å². The lowest BCUT2D eigenvalue weighted by Crippen LogP contribution is -2.32. The molecule has 162 valence electrons. The van der Waals surface area contributed by atoms with Crippen molar-refractivity contribution >= 4 is 34.4 Å². The van der Waals surface area contributed by atoms with Gasteiger partial charge in [-0.1, -0.05) is 24.3 Å². The summed E-state index contributed by atoms with van der Waals surface area (Å²) in [5, 5.41) is 2.99. The van der Waals surface area contributed by atoms with E-state index in [1.807, 2.05) is 63.2 Å². The minimum atomic E-state index is -0.481. The molecule has 3 aromatic rings. The highest BCUT2D eigenvalue weighted by Crippen LogP contribution is 2.35. The molecule has 0 aliphatic carbocycles. The average molecular weight is 429 g/mol. The fourth-order valence-corrected chi connectivity index (χ4v) is 3.66. The Kier molecular flexibility index (Phi) is 5.53. The van der Waals surface area contributed by atoms with Crippen molar-refractivity contribution < 1.29 is 14.0 Å². The minimum Gasteiger partial charge on any atom is -0.378 e. The first-order valence-corrected chi connectivity index (χ1v) is 10.3. The maximum atomic E-state index is 13.8. The SMILES string of the molecule is Cc1ccc(C2=C(Nc3cccc(F)c3)C(=O)N(c3ccc(N(C)C)cc3)C2=O)cc1C. The van der Waals surface area contributed by atoms with Crippen molar-refractivity contribution in [2.45, 2.75) is 13.8 Å². The molecule has 0 fully saturated rings. The molecule has 4 rings (SSSR count). The molecule has 1 N–H and O–H groups in total. The Labute approximate surface area is 186 Å². The van der Waals surface area contributed by atoms with Crippen molar-refractivity contribution in [1.29, 1.82) is 0 Å². The zero-order chi connectivity index (χ0) is 23.0. The van der Waals surface area contributed by atoms with Crippen molar-refractivity contribution in [2.24, 2.45) is 0 Å². The van der Waals surface area contributed by atoms with E-state index < -0.39 is 17.6 Å². The first-order valence-electron chi connectivity index (χ1n) is 10.3. The van der Waals surface area contributed by atoms with E-state index in [4.69, 9.17) is 0 Å². The third-order valence-corrected chi connectivity index (χ3v) is 5.60. The molecule has 0 aromatic heterocycles. The van der Waals surface area contributed by atoms with Crippen LogP contribution in [0.1, 0.15) is 16.7 Å². The van der Waals surface area contributed by atoms with Crippen LogP contribution in [0.4, 0.5) is 21.5 Å². The number of halogens is 1. The second-order valence-electron chi connectivity index (χ2n) is 8.04. The summed E-state index contributed by atoms with van der Waals surface area (Å²) in [5.74, 6) is -1.34. The molecule has 3 aromatic carbocycles. The molecule has 1 aliphatic rings. The summed E-state index contributed by atoms with van der Waals surface area (Å²) < 4.78 is 13.8. The number of nitrogens with one attached hydrogen (secondary N) is 1. The van der Waals surface area contributed by atoms with Gasteiger partial charge >= 0.3 is 0 Å². The molecular weight excluding hydrogens is 405 g/mol. The average Bonchev–Trinajstić information content (AvgIpc) is 3.00. The minimum absolute atomic E-state index is 0.125. The van der Waals surface area contributed by atoms with Gasteiger partial charge in [-0.2, -0.15) is 0 Å². The van der Waals surface area contributed by atoms with Gasteiger partial charge in [0.25, 0.3) is 11.8 Å². The number of carbonyl (C=O) groups is 2. The van der Waals surface area contributed by atoms with E-state index in [1.165, 1.54) is 12.1 Å². The lowest BCUT2D eigenvalue weighted by Gasteiger charge is -2.18. The summed E-state index contributed by atoms with van der Waals surface area (Å²) in [6, 6.07) is 18.6. The molecule has 0 atom stereocenters. The molecule has 2 amide bonds. The fraction of sp³-hybridized carbons (Fsp3) is 0.154. The van der Waals surface area contributed by atoms with Crippen LogP contribution in [0.5, 0.6) is 0 Å². The second-order valence-corrected chi connectivity index (χ2v) is 8.04. The summed E-state index contributed by atoms with van der Waals surface area (Å²) in [5.41, 5.74) is 4.94. The monoisotopic (exact) mass is 429 g/mol. The van der Waals surface area contributed by atoms with Crippen molar-refractivity contribution in [3.8, 4) is 0 Å². The number of carbonyl (C=O) groups excluding carboxylic acids is 2. The highest BCUT2D eigenvalue weighted by atomic mass is 19.1. The van der Waals surface area contributed by atoms with Crippen LogP contribution in [0, 0.1) is 19.7 Å². The van der Waals surface area contributed by atoms with Gasteiger partial charge in [-0.25, -0.2) is 9.29 Å². The lowest BCUT2D eigenvalue weighted by molar-refractivity contribution is -0.120. The van der Waals surface area contributed by atoms with Gasteiger partial charge < -0.3 is 10.2 Å². The van der Waals surface area contributed by atoms with Crippen LogP contribution in [0.3, 0.4) is 0 Å². The van der Waals surface area contributed by atoms with Crippen molar-refractivity contribution in [1.82, 2.24) is 0 Å². The lowest BCUT2D eigenvalue weighted by atomic mass is 9.99. The third kappa shape index (κ3) is 3.87. The standard InChI is InChI=1S/C26H24FN3O2/c1-16-8-9-18(14-17(16)2)23-24(28-20-7-5-6-19(27)15-20)26(32)30(25(23)31)22-12-10-21(11-13-22)29(3)4/h5-15,28H,1-4H3. The quantitative estimate of drug-likeness (QED) is 0.586. The molecule has 6 heteroatoms. The predicted octanol–water partition coefficient (Wildman–Crippen LogP) is 4.91. The van der Waals surface area contributed by atoms with E-state index in [2.05, 4.69) is 5.32 Å². The molecule has 0 unspecified atom stereocenters.